The number of nitrogens with zero attached hydrogens (tertiary/aromatic N) is 1. The van der Waals surface area contributed by atoms with Crippen LogP contribution in [0.4, 0.5) is 26.3 Å². The first-order valence-corrected chi connectivity index (χ1v) is 4.48. The normalized spacial score (nSPS) is 11.6. The fourth-order valence-electron chi connectivity index (χ4n) is 1.17. The van der Waals surface area contributed by atoms with Crippen molar-refractivity contribution in [1.82, 2.24) is 4.98 Å². The highest BCUT2D eigenvalue weighted by atomic mass is 19.4. The number of aromatic nitrogens is 1. The van der Waals surface area contributed by atoms with Crippen LogP contribution in [0.1, 0.15) is 22.5 Å². The molecular weight excluding hydrogens is 284 g/mol. The number of hydrogen-bond acceptors (Lipinski definition) is 4. The van der Waals surface area contributed by atoms with Gasteiger partial charge in [-0.3, -0.25) is 4.98 Å². The van der Waals surface area contributed by atoms with E-state index in [0.29, 0.717) is 0 Å². The molecule has 1 aromatic heterocycles. The molecule has 0 atom stereocenters. The Morgan fingerprint density at radius 2 is 1.95 bits per heavy atom. The van der Waals surface area contributed by atoms with Gasteiger partial charge in [-0.25, -0.2) is 18.0 Å². The molecule has 0 N–H and O–H groups in total. The average Bonchev–Trinajstić information content (AvgIpc) is 2.28. The van der Waals surface area contributed by atoms with E-state index in [-0.39, 0.29) is 6.20 Å². The van der Waals surface area contributed by atoms with Gasteiger partial charge in [0.2, 0.25) is 0 Å². The summed E-state index contributed by atoms with van der Waals surface area (Å²) in [6.07, 6.45) is -8.69. The van der Waals surface area contributed by atoms with Crippen LogP contribution in [0.25, 0.3) is 0 Å². The van der Waals surface area contributed by atoms with Crippen LogP contribution in [0.15, 0.2) is 6.20 Å². The molecule has 0 saturated carbocycles. The molecule has 0 amide bonds. The smallest absolute Gasteiger partial charge is 0.465 e. The summed E-state index contributed by atoms with van der Waals surface area (Å²) < 4.78 is 81.7. The molecule has 0 bridgehead atoms. The Kier molecular flexibility index (Phi) is 4.22. The SMILES string of the molecule is COC(=O)c1c(C(F)F)ncc(F)c1OC(F)(F)F. The molecule has 0 aromatic carbocycles. The fraction of sp³-hybridized carbons (Fsp3) is 0.333. The number of ether oxygens (including phenoxy) is 2. The maximum absolute atomic E-state index is 13.2. The average molecular weight is 289 g/mol. The van der Waals surface area contributed by atoms with Crippen LogP contribution >= 0.6 is 0 Å². The van der Waals surface area contributed by atoms with Crippen molar-refractivity contribution in [2.75, 3.05) is 7.11 Å². The number of halogens is 6. The summed E-state index contributed by atoms with van der Waals surface area (Å²) >= 11 is 0. The lowest BCUT2D eigenvalue weighted by molar-refractivity contribution is -0.275. The first-order valence-electron chi connectivity index (χ1n) is 4.48. The standard InChI is InChI=1S/C9H5F6NO3/c1-18-8(17)4-5(7(11)12)16-2-3(10)6(4)19-9(13,14)15/h2,7H,1H3. The van der Waals surface area contributed by atoms with E-state index < -0.39 is 41.6 Å². The molecule has 0 radical (unpaired) electrons. The number of carbonyl (C=O) groups excluding carboxylic acids is 1. The van der Waals surface area contributed by atoms with E-state index in [4.69, 9.17) is 0 Å². The molecule has 0 spiro atoms. The largest absolute Gasteiger partial charge is 0.573 e. The van der Waals surface area contributed by atoms with Gasteiger partial charge in [-0.15, -0.1) is 13.2 Å². The summed E-state index contributed by atoms with van der Waals surface area (Å²) in [5, 5.41) is 0. The molecule has 0 unspecified atom stereocenters. The molecule has 0 saturated heterocycles. The van der Waals surface area contributed by atoms with E-state index in [1.165, 1.54) is 0 Å². The van der Waals surface area contributed by atoms with Crippen LogP contribution in [-0.2, 0) is 4.74 Å². The Balaban J connectivity index is 3.49. The zero-order valence-corrected chi connectivity index (χ0v) is 9.09. The van der Waals surface area contributed by atoms with Crippen molar-refractivity contribution in [1.29, 1.82) is 0 Å². The molecular formula is C9H5F6NO3. The lowest BCUT2D eigenvalue weighted by Crippen LogP contribution is -2.22. The van der Waals surface area contributed by atoms with Gasteiger partial charge < -0.3 is 9.47 Å². The van der Waals surface area contributed by atoms with Crippen LogP contribution in [0.2, 0.25) is 0 Å². The van der Waals surface area contributed by atoms with E-state index in [1.54, 1.807) is 0 Å². The molecule has 0 fully saturated rings. The Bertz CT molecular complexity index is 488. The minimum absolute atomic E-state index is 0.0923. The summed E-state index contributed by atoms with van der Waals surface area (Å²) in [5.74, 6) is -5.05. The fourth-order valence-corrected chi connectivity index (χ4v) is 1.17. The minimum Gasteiger partial charge on any atom is -0.465 e. The van der Waals surface area contributed by atoms with Crippen LogP contribution in [-0.4, -0.2) is 24.4 Å². The van der Waals surface area contributed by atoms with Gasteiger partial charge >= 0.3 is 12.3 Å². The van der Waals surface area contributed by atoms with Crippen LogP contribution in [0, 0.1) is 5.82 Å². The highest BCUT2D eigenvalue weighted by Crippen LogP contribution is 2.34. The predicted molar refractivity (Wildman–Crippen MR) is 47.2 cm³/mol. The number of hydrogen-bond donors (Lipinski definition) is 0. The van der Waals surface area contributed by atoms with Crippen molar-refractivity contribution in [2.24, 2.45) is 0 Å². The van der Waals surface area contributed by atoms with Crippen molar-refractivity contribution < 1.29 is 40.6 Å². The third-order valence-electron chi connectivity index (χ3n) is 1.83. The molecule has 106 valence electrons. The van der Waals surface area contributed by atoms with Crippen molar-refractivity contribution in [2.45, 2.75) is 12.8 Å². The highest BCUT2D eigenvalue weighted by molar-refractivity contribution is 5.93. The van der Waals surface area contributed by atoms with Crippen molar-refractivity contribution in [3.8, 4) is 5.75 Å². The molecule has 0 aliphatic rings. The van der Waals surface area contributed by atoms with Gasteiger partial charge in [0.25, 0.3) is 6.43 Å². The Morgan fingerprint density at radius 1 is 1.37 bits per heavy atom. The number of pyridine rings is 1. The van der Waals surface area contributed by atoms with E-state index in [1.807, 2.05) is 0 Å². The summed E-state index contributed by atoms with van der Waals surface area (Å²) in [4.78, 5) is 14.1. The second-order valence-electron chi connectivity index (χ2n) is 3.04. The van der Waals surface area contributed by atoms with E-state index in [0.717, 1.165) is 7.11 Å². The van der Waals surface area contributed by atoms with Crippen LogP contribution in [0.3, 0.4) is 0 Å². The number of alkyl halides is 5. The predicted octanol–water partition coefficient (Wildman–Crippen LogP) is 2.84. The molecule has 0 aliphatic carbocycles. The van der Waals surface area contributed by atoms with Crippen molar-refractivity contribution in [3.05, 3.63) is 23.3 Å². The van der Waals surface area contributed by atoms with Gasteiger partial charge in [-0.05, 0) is 0 Å². The van der Waals surface area contributed by atoms with Gasteiger partial charge in [0.15, 0.2) is 11.6 Å². The molecule has 1 heterocycles. The lowest BCUT2D eigenvalue weighted by Gasteiger charge is -2.14. The second kappa shape index (κ2) is 5.33. The summed E-state index contributed by atoms with van der Waals surface area (Å²) in [5.41, 5.74) is -2.78. The number of esters is 1. The van der Waals surface area contributed by atoms with Gasteiger partial charge in [-0.2, -0.15) is 0 Å². The second-order valence-corrected chi connectivity index (χ2v) is 3.04. The van der Waals surface area contributed by atoms with Gasteiger partial charge in [0, 0.05) is 0 Å². The summed E-state index contributed by atoms with van der Waals surface area (Å²) in [6, 6.07) is 0. The van der Waals surface area contributed by atoms with E-state index in [9.17, 15) is 31.1 Å². The van der Waals surface area contributed by atoms with Crippen molar-refractivity contribution in [3.63, 3.8) is 0 Å². The van der Waals surface area contributed by atoms with Crippen LogP contribution in [0.5, 0.6) is 5.75 Å². The molecule has 4 nitrogen and oxygen atoms in total. The third kappa shape index (κ3) is 3.48. The molecule has 1 rings (SSSR count). The first kappa shape index (κ1) is 15.1. The zero-order valence-electron chi connectivity index (χ0n) is 9.09. The molecule has 0 aliphatic heterocycles. The summed E-state index contributed by atoms with van der Waals surface area (Å²) in [6.45, 7) is 0. The Morgan fingerprint density at radius 3 is 2.37 bits per heavy atom. The lowest BCUT2D eigenvalue weighted by atomic mass is 10.1. The third-order valence-corrected chi connectivity index (χ3v) is 1.83. The van der Waals surface area contributed by atoms with Gasteiger partial charge in [0.1, 0.15) is 11.3 Å². The van der Waals surface area contributed by atoms with Crippen LogP contribution < -0.4 is 4.74 Å². The Hall–Kier alpha value is -2.00. The molecule has 1 aromatic rings. The topological polar surface area (TPSA) is 48.4 Å². The van der Waals surface area contributed by atoms with Gasteiger partial charge in [0.05, 0.1) is 13.3 Å². The number of rotatable bonds is 3. The first-order chi connectivity index (χ1) is 8.67. The van der Waals surface area contributed by atoms with Gasteiger partial charge in [-0.1, -0.05) is 0 Å². The highest BCUT2D eigenvalue weighted by Gasteiger charge is 2.37. The van der Waals surface area contributed by atoms with Crippen molar-refractivity contribution >= 4 is 5.97 Å². The van der Waals surface area contributed by atoms with E-state index in [2.05, 4.69) is 14.5 Å². The maximum atomic E-state index is 13.2. The quantitative estimate of drug-likeness (QED) is 0.634. The molecule has 19 heavy (non-hydrogen) atoms. The maximum Gasteiger partial charge on any atom is 0.573 e. The minimum atomic E-state index is -5.37. The number of methoxy groups -OCH3 is 1. The Labute approximate surface area is 101 Å². The monoisotopic (exact) mass is 289 g/mol. The molecule has 10 heteroatoms. The zero-order chi connectivity index (χ0) is 14.8. The number of carbonyl (C=O) groups is 1. The van der Waals surface area contributed by atoms with E-state index >= 15 is 0 Å². The summed E-state index contributed by atoms with van der Waals surface area (Å²) in [7, 11) is 0.722.